The molecule has 1 aliphatic heterocycles. The van der Waals surface area contributed by atoms with Gasteiger partial charge in [0.1, 0.15) is 5.94 Å². The van der Waals surface area contributed by atoms with Gasteiger partial charge in [-0.25, -0.2) is 0 Å². The number of rotatable bonds is 11. The Morgan fingerprint density at radius 2 is 1.79 bits per heavy atom. The Morgan fingerprint density at radius 1 is 1.17 bits per heavy atom. The van der Waals surface area contributed by atoms with Crippen molar-refractivity contribution < 1.29 is 18.8 Å². The summed E-state index contributed by atoms with van der Waals surface area (Å²) in [7, 11) is 2.38. The monoisotopic (exact) mass is 380 g/mol. The molecular weight excluding hydrogens is 347 g/mol. The van der Waals surface area contributed by atoms with Crippen LogP contribution in [0.15, 0.2) is 0 Å². The molecule has 6 nitrogen and oxygen atoms in total. The van der Waals surface area contributed by atoms with Gasteiger partial charge in [0.05, 0.1) is 8.96 Å². The minimum atomic E-state index is 0.154. The van der Waals surface area contributed by atoms with Gasteiger partial charge in [-0.2, -0.15) is 0 Å². The highest BCUT2D eigenvalue weighted by Crippen LogP contribution is 2.25. The van der Waals surface area contributed by atoms with Crippen molar-refractivity contribution in [1.82, 2.24) is 9.57 Å². The van der Waals surface area contributed by atoms with Gasteiger partial charge in [-0.05, 0) is 60.7 Å². The van der Waals surface area contributed by atoms with E-state index in [1.807, 2.05) is 0 Å². The van der Waals surface area contributed by atoms with Crippen molar-refractivity contribution in [3.8, 4) is 0 Å². The molecule has 1 fully saturated rings. The van der Waals surface area contributed by atoms with E-state index in [1.165, 1.54) is 11.8 Å². The summed E-state index contributed by atoms with van der Waals surface area (Å²) >= 11 is 1.25. The molecule has 0 spiro atoms. The largest absolute Gasteiger partial charge is 0.344 e. The van der Waals surface area contributed by atoms with Crippen molar-refractivity contribution in [2.75, 3.05) is 39.7 Å². The van der Waals surface area contributed by atoms with Crippen LogP contribution in [0.5, 0.6) is 0 Å². The predicted molar refractivity (Wildman–Crippen MR) is 101 cm³/mol. The van der Waals surface area contributed by atoms with Gasteiger partial charge in [-0.3, -0.25) is 9.46 Å². The zero-order valence-corrected chi connectivity index (χ0v) is 17.4. The van der Waals surface area contributed by atoms with Crippen LogP contribution in [0.1, 0.15) is 40.5 Å². The second-order valence-electron chi connectivity index (χ2n) is 6.63. The van der Waals surface area contributed by atoms with Crippen LogP contribution in [-0.4, -0.2) is 66.4 Å². The Kier molecular flexibility index (Phi) is 11.7. The maximum atomic E-state index is 12.0. The van der Waals surface area contributed by atoms with E-state index in [-0.39, 0.29) is 33.6 Å². The Morgan fingerprint density at radius 3 is 2.38 bits per heavy atom. The van der Waals surface area contributed by atoms with Gasteiger partial charge in [-0.1, -0.05) is 11.8 Å². The molecule has 0 aromatic rings. The molecule has 0 bridgehead atoms. The second-order valence-corrected chi connectivity index (χ2v) is 8.55. The molecule has 0 aromatic carbocycles. The minimum absolute atomic E-state index is 0.154. The molecule has 0 aliphatic carbocycles. The highest BCUT2D eigenvalue weighted by Gasteiger charge is 2.23. The molecule has 1 atom stereocenters. The lowest BCUT2D eigenvalue weighted by Gasteiger charge is -2.29. The SMILES string of the molecule is CC(C)N(POCOCOCSC(=O)C1CCN(C)CC1)C(C)C. The minimum Gasteiger partial charge on any atom is -0.344 e. The molecular formula is C16H33N2O4PS. The van der Waals surface area contributed by atoms with Crippen LogP contribution in [0.2, 0.25) is 0 Å². The zero-order chi connectivity index (χ0) is 17.9. The summed E-state index contributed by atoms with van der Waals surface area (Å²) in [5.74, 6) is 0.524. The van der Waals surface area contributed by atoms with Crippen LogP contribution < -0.4 is 0 Å². The van der Waals surface area contributed by atoms with Crippen molar-refractivity contribution in [3.05, 3.63) is 0 Å². The molecule has 24 heavy (non-hydrogen) atoms. The van der Waals surface area contributed by atoms with Crippen LogP contribution in [0.25, 0.3) is 0 Å². The average Bonchev–Trinajstić information content (AvgIpc) is 2.53. The number of piperidine rings is 1. The molecule has 1 rings (SSSR count). The molecule has 1 aliphatic rings. The Hall–Kier alpha value is 0.250. The molecule has 0 aromatic heterocycles. The standard InChI is InChI=1S/C16H33N2O4PS/c1-13(2)18(14(3)4)23-22-11-20-10-21-12-24-16(19)15-6-8-17(5)9-7-15/h13-15,23H,6-12H2,1-5H3. The van der Waals surface area contributed by atoms with Gasteiger partial charge in [0, 0.05) is 18.0 Å². The summed E-state index contributed by atoms with van der Waals surface area (Å²) in [4.78, 5) is 14.3. The van der Waals surface area contributed by atoms with E-state index in [0.717, 1.165) is 25.9 Å². The number of ether oxygens (including phenoxy) is 2. The van der Waals surface area contributed by atoms with E-state index in [9.17, 15) is 4.79 Å². The van der Waals surface area contributed by atoms with E-state index < -0.39 is 0 Å². The first-order valence-electron chi connectivity index (χ1n) is 8.58. The summed E-state index contributed by atoms with van der Waals surface area (Å²) in [6, 6.07) is 0.892. The number of thioether (sulfide) groups is 1. The van der Waals surface area contributed by atoms with Crippen molar-refractivity contribution in [2.45, 2.75) is 52.6 Å². The fourth-order valence-corrected chi connectivity index (χ4v) is 3.98. The lowest BCUT2D eigenvalue weighted by atomic mass is 9.99. The van der Waals surface area contributed by atoms with Gasteiger partial charge in [0.2, 0.25) is 0 Å². The van der Waals surface area contributed by atoms with Crippen LogP contribution in [0.4, 0.5) is 0 Å². The molecule has 1 heterocycles. The molecule has 0 amide bonds. The van der Waals surface area contributed by atoms with E-state index in [0.29, 0.717) is 18.0 Å². The molecule has 8 heteroatoms. The highest BCUT2D eigenvalue weighted by atomic mass is 32.2. The van der Waals surface area contributed by atoms with E-state index >= 15 is 0 Å². The van der Waals surface area contributed by atoms with Crippen LogP contribution in [-0.2, 0) is 18.8 Å². The summed E-state index contributed by atoms with van der Waals surface area (Å²) in [6.07, 6.45) is 1.91. The number of nitrogens with zero attached hydrogens (tertiary/aromatic N) is 2. The topological polar surface area (TPSA) is 51.2 Å². The lowest BCUT2D eigenvalue weighted by Crippen LogP contribution is -2.32. The van der Waals surface area contributed by atoms with Gasteiger partial charge in [0.15, 0.2) is 18.7 Å². The highest BCUT2D eigenvalue weighted by molar-refractivity contribution is 8.13. The molecule has 0 radical (unpaired) electrons. The summed E-state index contributed by atoms with van der Waals surface area (Å²) in [5, 5.41) is 0.241. The second kappa shape index (κ2) is 12.6. The van der Waals surface area contributed by atoms with Crippen LogP contribution in [0, 0.1) is 5.92 Å². The number of hydrogen-bond donors (Lipinski definition) is 0. The quantitative estimate of drug-likeness (QED) is 0.310. The Labute approximate surface area is 152 Å². The Balaban J connectivity index is 1.97. The summed E-state index contributed by atoms with van der Waals surface area (Å²) in [6.45, 7) is 11.0. The maximum Gasteiger partial charge on any atom is 0.194 e. The molecule has 0 N–H and O–H groups in total. The number of hydrogen-bond acceptors (Lipinski definition) is 7. The van der Waals surface area contributed by atoms with Gasteiger partial charge >= 0.3 is 0 Å². The van der Waals surface area contributed by atoms with Crippen LogP contribution >= 0.6 is 20.7 Å². The van der Waals surface area contributed by atoms with Crippen molar-refractivity contribution in [1.29, 1.82) is 0 Å². The smallest absolute Gasteiger partial charge is 0.194 e. The van der Waals surface area contributed by atoms with E-state index in [4.69, 9.17) is 14.0 Å². The Bertz CT molecular complexity index is 345. The molecule has 142 valence electrons. The number of likely N-dealkylation sites (tertiary alicyclic amines) is 1. The zero-order valence-electron chi connectivity index (χ0n) is 15.6. The maximum absolute atomic E-state index is 12.0. The summed E-state index contributed by atoms with van der Waals surface area (Å²) in [5.41, 5.74) is 0. The average molecular weight is 380 g/mol. The lowest BCUT2D eigenvalue weighted by molar-refractivity contribution is -0.115. The fourth-order valence-electron chi connectivity index (χ4n) is 2.54. The van der Waals surface area contributed by atoms with Gasteiger partial charge < -0.3 is 18.9 Å². The summed E-state index contributed by atoms with van der Waals surface area (Å²) < 4.78 is 18.4. The van der Waals surface area contributed by atoms with Crippen LogP contribution in [0.3, 0.4) is 0 Å². The number of carbonyl (C=O) groups is 1. The first-order chi connectivity index (χ1) is 11.4. The van der Waals surface area contributed by atoms with E-state index in [1.54, 1.807) is 0 Å². The normalized spacial score (nSPS) is 17.8. The van der Waals surface area contributed by atoms with Crippen molar-refractivity contribution >= 4 is 25.8 Å². The van der Waals surface area contributed by atoms with Crippen molar-refractivity contribution in [2.24, 2.45) is 5.92 Å². The predicted octanol–water partition coefficient (Wildman–Crippen LogP) is 3.14. The van der Waals surface area contributed by atoms with Gasteiger partial charge in [0.25, 0.3) is 0 Å². The molecule has 1 saturated heterocycles. The fraction of sp³-hybridized carbons (Fsp3) is 0.938. The van der Waals surface area contributed by atoms with Gasteiger partial charge in [-0.15, -0.1) is 0 Å². The molecule has 1 unspecified atom stereocenters. The first kappa shape index (κ1) is 22.3. The van der Waals surface area contributed by atoms with Crippen molar-refractivity contribution in [3.63, 3.8) is 0 Å². The van der Waals surface area contributed by atoms with E-state index in [2.05, 4.69) is 44.3 Å². The third kappa shape index (κ3) is 9.09. The third-order valence-electron chi connectivity index (χ3n) is 3.93. The molecule has 0 saturated carbocycles. The number of carbonyl (C=O) groups excluding carboxylic acids is 1. The third-order valence-corrected chi connectivity index (χ3v) is 6.32. The first-order valence-corrected chi connectivity index (χ1v) is 10.4.